The maximum absolute atomic E-state index is 12.9. The summed E-state index contributed by atoms with van der Waals surface area (Å²) in [6.07, 6.45) is 0. The fraction of sp³-hybridized carbons (Fsp3) is 0.316. The van der Waals surface area contributed by atoms with Crippen molar-refractivity contribution >= 4 is 17.7 Å². The quantitative estimate of drug-likeness (QED) is 0.610. The van der Waals surface area contributed by atoms with Gasteiger partial charge in [-0.15, -0.1) is 0 Å². The number of carbonyl (C=O) groups is 1. The normalized spacial score (nSPS) is 16.2. The molecule has 1 aliphatic rings. The van der Waals surface area contributed by atoms with Gasteiger partial charge in [-0.25, -0.2) is 8.70 Å². The van der Waals surface area contributed by atoms with Crippen LogP contribution in [0.3, 0.4) is 0 Å². The number of piperazine rings is 1. The van der Waals surface area contributed by atoms with Gasteiger partial charge in [0.2, 0.25) is 0 Å². The smallest absolute Gasteiger partial charge is 0.176 e. The van der Waals surface area contributed by atoms with Crippen molar-refractivity contribution in [2.45, 2.75) is 11.8 Å². The molecule has 3 nitrogen and oxygen atoms in total. The second-order valence-corrected chi connectivity index (χ2v) is 7.21. The summed E-state index contributed by atoms with van der Waals surface area (Å²) in [5.41, 5.74) is 1.84. The third-order valence-electron chi connectivity index (χ3n) is 4.12. The van der Waals surface area contributed by atoms with Crippen molar-refractivity contribution in [3.05, 3.63) is 65.5 Å². The third kappa shape index (κ3) is 4.66. The molecule has 0 saturated carbocycles. The zero-order chi connectivity index (χ0) is 16.9. The molecule has 1 fully saturated rings. The molecule has 3 rings (SSSR count). The molecular weight excluding hydrogens is 323 g/mol. The summed E-state index contributed by atoms with van der Waals surface area (Å²) < 4.78 is 15.3. The van der Waals surface area contributed by atoms with Crippen molar-refractivity contribution in [3.8, 4) is 0 Å². The highest BCUT2D eigenvalue weighted by Crippen LogP contribution is 2.24. The van der Waals surface area contributed by atoms with E-state index in [9.17, 15) is 9.18 Å². The summed E-state index contributed by atoms with van der Waals surface area (Å²) >= 11 is 1.77. The van der Waals surface area contributed by atoms with Crippen LogP contribution >= 0.6 is 11.9 Å². The van der Waals surface area contributed by atoms with Crippen molar-refractivity contribution in [2.75, 3.05) is 32.7 Å². The van der Waals surface area contributed by atoms with Gasteiger partial charge in [0.15, 0.2) is 5.78 Å². The Labute approximate surface area is 146 Å². The van der Waals surface area contributed by atoms with Gasteiger partial charge < -0.3 is 0 Å². The molecule has 0 spiro atoms. The Balaban J connectivity index is 1.47. The van der Waals surface area contributed by atoms with E-state index in [1.165, 1.54) is 22.6 Å². The van der Waals surface area contributed by atoms with Crippen LogP contribution in [0.1, 0.15) is 15.9 Å². The number of hydrogen-bond donors (Lipinski definition) is 0. The number of halogens is 1. The number of ketones is 1. The largest absolute Gasteiger partial charge is 0.293 e. The van der Waals surface area contributed by atoms with Crippen LogP contribution in [0, 0.1) is 12.7 Å². The summed E-state index contributed by atoms with van der Waals surface area (Å²) in [5, 5.41) is 0. The highest BCUT2D eigenvalue weighted by atomic mass is 32.2. The fourth-order valence-electron chi connectivity index (χ4n) is 2.66. The maximum atomic E-state index is 12.9. The Hall–Kier alpha value is -1.69. The van der Waals surface area contributed by atoms with E-state index in [-0.39, 0.29) is 11.6 Å². The molecule has 1 saturated heterocycles. The highest BCUT2D eigenvalue weighted by molar-refractivity contribution is 7.97. The second-order valence-electron chi connectivity index (χ2n) is 6.04. The van der Waals surface area contributed by atoms with Gasteiger partial charge in [0.1, 0.15) is 5.82 Å². The van der Waals surface area contributed by atoms with Gasteiger partial charge in [0, 0.05) is 36.6 Å². The maximum Gasteiger partial charge on any atom is 0.176 e. The van der Waals surface area contributed by atoms with Gasteiger partial charge in [-0.05, 0) is 55.3 Å². The van der Waals surface area contributed by atoms with Gasteiger partial charge in [0.25, 0.3) is 0 Å². The second kappa shape index (κ2) is 7.92. The number of aryl methyl sites for hydroxylation is 1. The van der Waals surface area contributed by atoms with Crippen molar-refractivity contribution in [1.29, 1.82) is 0 Å². The van der Waals surface area contributed by atoms with Crippen LogP contribution in [-0.2, 0) is 0 Å². The lowest BCUT2D eigenvalue weighted by Gasteiger charge is -2.33. The number of nitrogens with zero attached hydrogens (tertiary/aromatic N) is 2. The van der Waals surface area contributed by atoms with Gasteiger partial charge in [-0.3, -0.25) is 9.69 Å². The zero-order valence-electron chi connectivity index (χ0n) is 13.7. The molecule has 0 bridgehead atoms. The molecule has 2 aromatic rings. The third-order valence-corrected chi connectivity index (χ3v) is 5.23. The van der Waals surface area contributed by atoms with Crippen molar-refractivity contribution in [1.82, 2.24) is 9.21 Å². The topological polar surface area (TPSA) is 23.6 Å². The fourth-order valence-corrected chi connectivity index (χ4v) is 3.56. The molecule has 1 aliphatic heterocycles. The SMILES string of the molecule is Cc1ccc(SN2CCN(CC(=O)c3ccc(F)cc3)CC2)cc1. The summed E-state index contributed by atoms with van der Waals surface area (Å²) in [6.45, 7) is 6.07. The first-order valence-corrected chi connectivity index (χ1v) is 8.88. The average Bonchev–Trinajstić information content (AvgIpc) is 2.59. The first kappa shape index (κ1) is 17.1. The zero-order valence-corrected chi connectivity index (χ0v) is 14.6. The van der Waals surface area contributed by atoms with Crippen molar-refractivity contribution in [3.63, 3.8) is 0 Å². The van der Waals surface area contributed by atoms with Crippen LogP contribution in [0.4, 0.5) is 4.39 Å². The van der Waals surface area contributed by atoms with Crippen LogP contribution in [0.25, 0.3) is 0 Å². The Bertz CT molecular complexity index is 680. The highest BCUT2D eigenvalue weighted by Gasteiger charge is 2.20. The van der Waals surface area contributed by atoms with E-state index in [1.807, 2.05) is 0 Å². The monoisotopic (exact) mass is 344 g/mol. The van der Waals surface area contributed by atoms with E-state index in [1.54, 1.807) is 24.1 Å². The van der Waals surface area contributed by atoms with E-state index < -0.39 is 0 Å². The van der Waals surface area contributed by atoms with Crippen LogP contribution in [0.5, 0.6) is 0 Å². The van der Waals surface area contributed by atoms with E-state index in [0.717, 1.165) is 26.2 Å². The molecule has 0 unspecified atom stereocenters. The van der Waals surface area contributed by atoms with Gasteiger partial charge >= 0.3 is 0 Å². The molecular formula is C19H21FN2OS. The number of benzene rings is 2. The van der Waals surface area contributed by atoms with E-state index in [0.29, 0.717) is 12.1 Å². The number of Topliss-reactive ketones (excluding diaryl/α,β-unsaturated/α-hetero) is 1. The molecule has 0 atom stereocenters. The lowest BCUT2D eigenvalue weighted by atomic mass is 10.1. The number of rotatable bonds is 5. The number of hydrogen-bond acceptors (Lipinski definition) is 4. The molecule has 2 aromatic carbocycles. The predicted octanol–water partition coefficient (Wildman–Crippen LogP) is 3.64. The summed E-state index contributed by atoms with van der Waals surface area (Å²) in [4.78, 5) is 15.7. The molecule has 5 heteroatoms. The lowest BCUT2D eigenvalue weighted by molar-refractivity contribution is 0.0904. The van der Waals surface area contributed by atoms with Crippen LogP contribution in [-0.4, -0.2) is 47.7 Å². The minimum Gasteiger partial charge on any atom is -0.293 e. The van der Waals surface area contributed by atoms with E-state index >= 15 is 0 Å². The standard InChI is InChI=1S/C19H21FN2OS/c1-15-2-8-18(9-3-15)24-22-12-10-21(11-13-22)14-19(23)16-4-6-17(20)7-5-16/h2-9H,10-14H2,1H3. The van der Waals surface area contributed by atoms with E-state index in [2.05, 4.69) is 40.4 Å². The molecule has 1 heterocycles. The molecule has 126 valence electrons. The van der Waals surface area contributed by atoms with Crippen LogP contribution < -0.4 is 0 Å². The molecule has 0 aliphatic carbocycles. The predicted molar refractivity (Wildman–Crippen MR) is 95.8 cm³/mol. The van der Waals surface area contributed by atoms with Crippen molar-refractivity contribution < 1.29 is 9.18 Å². The summed E-state index contributed by atoms with van der Waals surface area (Å²) in [5.74, 6) is -0.261. The molecule has 0 N–H and O–H groups in total. The minimum absolute atomic E-state index is 0.0506. The van der Waals surface area contributed by atoms with Crippen LogP contribution in [0.15, 0.2) is 53.4 Å². The van der Waals surface area contributed by atoms with E-state index in [4.69, 9.17) is 0 Å². The Morgan fingerprint density at radius 3 is 2.25 bits per heavy atom. The Morgan fingerprint density at radius 2 is 1.62 bits per heavy atom. The minimum atomic E-state index is -0.312. The summed E-state index contributed by atoms with van der Waals surface area (Å²) in [7, 11) is 0. The Kier molecular flexibility index (Phi) is 5.66. The van der Waals surface area contributed by atoms with Crippen LogP contribution in [0.2, 0.25) is 0 Å². The molecule has 24 heavy (non-hydrogen) atoms. The van der Waals surface area contributed by atoms with Crippen molar-refractivity contribution in [2.24, 2.45) is 0 Å². The Morgan fingerprint density at radius 1 is 1.00 bits per heavy atom. The molecule has 0 radical (unpaired) electrons. The lowest BCUT2D eigenvalue weighted by Crippen LogP contribution is -2.45. The summed E-state index contributed by atoms with van der Waals surface area (Å²) in [6, 6.07) is 14.3. The first-order chi connectivity index (χ1) is 11.6. The van der Waals surface area contributed by atoms with Gasteiger partial charge in [0.05, 0.1) is 6.54 Å². The number of carbonyl (C=O) groups excluding carboxylic acids is 1. The first-order valence-electron chi connectivity index (χ1n) is 8.11. The van der Waals surface area contributed by atoms with Gasteiger partial charge in [-0.1, -0.05) is 17.7 Å². The van der Waals surface area contributed by atoms with Gasteiger partial charge in [-0.2, -0.15) is 0 Å². The molecule has 0 aromatic heterocycles. The average molecular weight is 344 g/mol. The molecule has 0 amide bonds.